The van der Waals surface area contributed by atoms with E-state index >= 15 is 0 Å². The summed E-state index contributed by atoms with van der Waals surface area (Å²) in [5, 5.41) is 2.85. The van der Waals surface area contributed by atoms with Gasteiger partial charge in [0.1, 0.15) is 11.9 Å². The second kappa shape index (κ2) is 13.3. The molecular weight excluding hydrogens is 515 g/mol. The number of hydrogen-bond acceptors (Lipinski definition) is 3. The number of rotatable bonds is 11. The molecule has 0 fully saturated rings. The SMILES string of the molecule is CCNC(=O)C(Cc1ccccc1)N(Cc1ccccc1F)C(=O)CSCc1ccc(Br)cc1. The van der Waals surface area contributed by atoms with Crippen LogP contribution in [0.4, 0.5) is 4.39 Å². The average molecular weight is 544 g/mol. The molecule has 0 aliphatic rings. The fourth-order valence-corrected chi connectivity index (χ4v) is 4.71. The summed E-state index contributed by atoms with van der Waals surface area (Å²) in [6.45, 7) is 2.32. The number of nitrogens with zero attached hydrogens (tertiary/aromatic N) is 1. The van der Waals surface area contributed by atoms with Crippen LogP contribution < -0.4 is 5.32 Å². The molecule has 7 heteroatoms. The number of amides is 2. The van der Waals surface area contributed by atoms with E-state index in [1.807, 2.05) is 61.5 Å². The Labute approximate surface area is 213 Å². The maximum Gasteiger partial charge on any atom is 0.243 e. The molecule has 0 bridgehead atoms. The highest BCUT2D eigenvalue weighted by molar-refractivity contribution is 9.10. The smallest absolute Gasteiger partial charge is 0.243 e. The van der Waals surface area contributed by atoms with Gasteiger partial charge in [-0.2, -0.15) is 0 Å². The minimum atomic E-state index is -0.747. The molecule has 0 aromatic heterocycles. The van der Waals surface area contributed by atoms with Gasteiger partial charge in [0.05, 0.1) is 5.75 Å². The number of hydrogen-bond donors (Lipinski definition) is 1. The molecule has 34 heavy (non-hydrogen) atoms. The molecule has 0 aliphatic heterocycles. The van der Waals surface area contributed by atoms with Crippen molar-refractivity contribution < 1.29 is 14.0 Å². The van der Waals surface area contributed by atoms with Gasteiger partial charge in [-0.05, 0) is 36.2 Å². The molecule has 3 aromatic carbocycles. The first kappa shape index (κ1) is 26.0. The van der Waals surface area contributed by atoms with Gasteiger partial charge >= 0.3 is 0 Å². The maximum atomic E-state index is 14.5. The summed E-state index contributed by atoms with van der Waals surface area (Å²) in [7, 11) is 0. The van der Waals surface area contributed by atoms with E-state index in [0.717, 1.165) is 15.6 Å². The first-order valence-corrected chi connectivity index (χ1v) is 13.1. The molecule has 1 atom stereocenters. The van der Waals surface area contributed by atoms with Gasteiger partial charge in [0, 0.05) is 35.3 Å². The summed E-state index contributed by atoms with van der Waals surface area (Å²) in [6.07, 6.45) is 0.351. The van der Waals surface area contributed by atoms with E-state index in [1.54, 1.807) is 18.2 Å². The Morgan fingerprint density at radius 2 is 1.65 bits per heavy atom. The summed E-state index contributed by atoms with van der Waals surface area (Å²) in [6, 6.07) is 23.2. The average Bonchev–Trinajstić information content (AvgIpc) is 2.84. The molecule has 0 radical (unpaired) electrons. The van der Waals surface area contributed by atoms with E-state index in [9.17, 15) is 14.0 Å². The van der Waals surface area contributed by atoms with E-state index < -0.39 is 11.9 Å². The van der Waals surface area contributed by atoms with Crippen molar-refractivity contribution in [1.82, 2.24) is 10.2 Å². The summed E-state index contributed by atoms with van der Waals surface area (Å²) >= 11 is 4.91. The fourth-order valence-electron chi connectivity index (χ4n) is 3.58. The lowest BCUT2D eigenvalue weighted by Crippen LogP contribution is -2.51. The Balaban J connectivity index is 1.82. The molecule has 178 valence electrons. The molecule has 4 nitrogen and oxygen atoms in total. The second-order valence-corrected chi connectivity index (χ2v) is 9.73. The monoisotopic (exact) mass is 542 g/mol. The van der Waals surface area contributed by atoms with Gasteiger partial charge in [0.15, 0.2) is 0 Å². The van der Waals surface area contributed by atoms with Crippen LogP contribution in [0, 0.1) is 5.82 Å². The first-order chi connectivity index (χ1) is 16.5. The molecule has 3 rings (SSSR count). The Hall–Kier alpha value is -2.64. The van der Waals surface area contributed by atoms with Crippen LogP contribution in [-0.2, 0) is 28.3 Å². The molecule has 0 heterocycles. The number of thioether (sulfide) groups is 1. The van der Waals surface area contributed by atoms with Crippen molar-refractivity contribution in [2.24, 2.45) is 0 Å². The third-order valence-electron chi connectivity index (χ3n) is 5.33. The number of benzene rings is 3. The first-order valence-electron chi connectivity index (χ1n) is 11.1. The fraction of sp³-hybridized carbons (Fsp3) is 0.259. The topological polar surface area (TPSA) is 49.4 Å². The molecule has 1 unspecified atom stereocenters. The zero-order valence-electron chi connectivity index (χ0n) is 19.0. The molecule has 0 saturated carbocycles. The lowest BCUT2D eigenvalue weighted by Gasteiger charge is -2.31. The molecule has 0 saturated heterocycles. The van der Waals surface area contributed by atoms with Crippen LogP contribution in [0.15, 0.2) is 83.3 Å². The van der Waals surface area contributed by atoms with Crippen LogP contribution in [0.5, 0.6) is 0 Å². The van der Waals surface area contributed by atoms with E-state index in [1.165, 1.54) is 22.7 Å². The predicted octanol–water partition coefficient (Wildman–Crippen LogP) is 5.60. The van der Waals surface area contributed by atoms with Gasteiger partial charge in [0.2, 0.25) is 11.8 Å². The Bertz CT molecular complexity index is 1080. The third-order valence-corrected chi connectivity index (χ3v) is 6.85. The minimum absolute atomic E-state index is 0.0268. The van der Waals surface area contributed by atoms with Crippen LogP contribution in [0.25, 0.3) is 0 Å². The van der Waals surface area contributed by atoms with Gasteiger partial charge < -0.3 is 10.2 Å². The van der Waals surface area contributed by atoms with E-state index in [2.05, 4.69) is 21.2 Å². The molecule has 0 spiro atoms. The van der Waals surface area contributed by atoms with Gasteiger partial charge in [-0.1, -0.05) is 76.6 Å². The van der Waals surface area contributed by atoms with Crippen LogP contribution in [0.1, 0.15) is 23.6 Å². The van der Waals surface area contributed by atoms with Crippen molar-refractivity contribution in [3.05, 3.63) is 106 Å². The van der Waals surface area contributed by atoms with Crippen LogP contribution >= 0.6 is 27.7 Å². The van der Waals surface area contributed by atoms with Crippen LogP contribution in [-0.4, -0.2) is 35.1 Å². The van der Waals surface area contributed by atoms with Crippen molar-refractivity contribution in [1.29, 1.82) is 0 Å². The van der Waals surface area contributed by atoms with Gasteiger partial charge in [0.25, 0.3) is 0 Å². The van der Waals surface area contributed by atoms with Crippen molar-refractivity contribution in [2.75, 3.05) is 12.3 Å². The number of carbonyl (C=O) groups is 2. The van der Waals surface area contributed by atoms with E-state index in [4.69, 9.17) is 0 Å². The second-order valence-electron chi connectivity index (χ2n) is 7.83. The van der Waals surface area contributed by atoms with E-state index in [-0.39, 0.29) is 24.1 Å². The highest BCUT2D eigenvalue weighted by Gasteiger charge is 2.30. The summed E-state index contributed by atoms with van der Waals surface area (Å²) in [5.74, 6) is 0.0235. The van der Waals surface area contributed by atoms with Crippen molar-refractivity contribution >= 4 is 39.5 Å². The number of carbonyl (C=O) groups excluding carboxylic acids is 2. The zero-order valence-corrected chi connectivity index (χ0v) is 21.4. The quantitative estimate of drug-likeness (QED) is 0.343. The lowest BCUT2D eigenvalue weighted by molar-refractivity contribution is -0.139. The van der Waals surface area contributed by atoms with Crippen molar-refractivity contribution in [2.45, 2.75) is 31.7 Å². The molecular formula is C27H28BrFN2O2S. The predicted molar refractivity (Wildman–Crippen MR) is 140 cm³/mol. The van der Waals surface area contributed by atoms with Crippen molar-refractivity contribution in [3.8, 4) is 0 Å². The lowest BCUT2D eigenvalue weighted by atomic mass is 10.0. The number of nitrogens with one attached hydrogen (secondary N) is 1. The maximum absolute atomic E-state index is 14.5. The highest BCUT2D eigenvalue weighted by Crippen LogP contribution is 2.20. The Morgan fingerprint density at radius 3 is 2.32 bits per heavy atom. The van der Waals surface area contributed by atoms with Gasteiger partial charge in [-0.3, -0.25) is 9.59 Å². The summed E-state index contributed by atoms with van der Waals surface area (Å²) in [5.41, 5.74) is 2.43. The van der Waals surface area contributed by atoms with Gasteiger partial charge in [-0.25, -0.2) is 4.39 Å². The summed E-state index contributed by atoms with van der Waals surface area (Å²) in [4.78, 5) is 28.0. The van der Waals surface area contributed by atoms with Gasteiger partial charge in [-0.15, -0.1) is 11.8 Å². The standard InChI is InChI=1S/C27H28BrFN2O2S/c1-2-30-27(33)25(16-20-8-4-3-5-9-20)31(17-22-10-6-7-11-24(22)29)26(32)19-34-18-21-12-14-23(28)15-13-21/h3-15,25H,2,16-19H2,1H3,(H,30,33). The van der Waals surface area contributed by atoms with E-state index in [0.29, 0.717) is 24.3 Å². The molecule has 2 amide bonds. The Kier molecular flexibility index (Phi) is 10.2. The Morgan fingerprint density at radius 1 is 0.971 bits per heavy atom. The number of halogens is 2. The minimum Gasteiger partial charge on any atom is -0.355 e. The summed E-state index contributed by atoms with van der Waals surface area (Å²) < 4.78 is 15.5. The molecule has 3 aromatic rings. The third kappa shape index (κ3) is 7.71. The molecule has 1 N–H and O–H groups in total. The normalized spacial score (nSPS) is 11.6. The highest BCUT2D eigenvalue weighted by atomic mass is 79.9. The van der Waals surface area contributed by atoms with Crippen LogP contribution in [0.3, 0.4) is 0 Å². The van der Waals surface area contributed by atoms with Crippen molar-refractivity contribution in [3.63, 3.8) is 0 Å². The number of likely N-dealkylation sites (N-methyl/N-ethyl adjacent to an activating group) is 1. The molecule has 0 aliphatic carbocycles. The zero-order chi connectivity index (χ0) is 24.3. The van der Waals surface area contributed by atoms with Crippen LogP contribution in [0.2, 0.25) is 0 Å². The largest absolute Gasteiger partial charge is 0.355 e.